The van der Waals surface area contributed by atoms with Crippen molar-refractivity contribution < 1.29 is 0 Å². The van der Waals surface area contributed by atoms with Gasteiger partial charge >= 0.3 is 0 Å². The van der Waals surface area contributed by atoms with Crippen molar-refractivity contribution in [3.8, 4) is 0 Å². The van der Waals surface area contributed by atoms with Gasteiger partial charge in [0.15, 0.2) is 0 Å². The molecule has 0 amide bonds. The summed E-state index contributed by atoms with van der Waals surface area (Å²) in [6.07, 6.45) is 5.94. The summed E-state index contributed by atoms with van der Waals surface area (Å²) in [5.74, 6) is 1.50. The first-order chi connectivity index (χ1) is 4.70. The molecule has 1 aliphatic rings. The van der Waals surface area contributed by atoms with Crippen LogP contribution < -0.4 is 0 Å². The largest absolute Gasteiger partial charge is 0.0895 e. The molecule has 1 heteroatoms. The number of rotatable bonds is 1. The van der Waals surface area contributed by atoms with Gasteiger partial charge in [0.25, 0.3) is 0 Å². The molecule has 1 unspecified atom stereocenters. The maximum absolute atomic E-state index is 5.92. The standard InChI is InChI=1S/C9H15Cl/c1-7(2)8-4-3-5-9(10)6-8/h6-8H,3-5H2,1-2H3. The summed E-state index contributed by atoms with van der Waals surface area (Å²) in [5, 5.41) is 1.07. The lowest BCUT2D eigenvalue weighted by Crippen LogP contribution is -2.09. The smallest absolute Gasteiger partial charge is 0.0144 e. The van der Waals surface area contributed by atoms with E-state index in [1.807, 2.05) is 0 Å². The van der Waals surface area contributed by atoms with Gasteiger partial charge in [0.05, 0.1) is 0 Å². The van der Waals surface area contributed by atoms with E-state index in [2.05, 4.69) is 19.9 Å². The highest BCUT2D eigenvalue weighted by Crippen LogP contribution is 2.29. The van der Waals surface area contributed by atoms with E-state index in [0.717, 1.165) is 23.3 Å². The second-order valence-corrected chi connectivity index (χ2v) is 3.90. The lowest BCUT2D eigenvalue weighted by atomic mass is 9.87. The van der Waals surface area contributed by atoms with Gasteiger partial charge in [0.1, 0.15) is 0 Å². The molecule has 0 aromatic carbocycles. The van der Waals surface area contributed by atoms with E-state index >= 15 is 0 Å². The fourth-order valence-electron chi connectivity index (χ4n) is 1.43. The van der Waals surface area contributed by atoms with E-state index < -0.39 is 0 Å². The quantitative estimate of drug-likeness (QED) is 0.548. The van der Waals surface area contributed by atoms with E-state index in [1.54, 1.807) is 0 Å². The van der Waals surface area contributed by atoms with Crippen molar-refractivity contribution in [3.05, 3.63) is 11.1 Å². The van der Waals surface area contributed by atoms with Gasteiger partial charge in [-0.3, -0.25) is 0 Å². The highest BCUT2D eigenvalue weighted by molar-refractivity contribution is 6.29. The molecule has 0 spiro atoms. The number of allylic oxidation sites excluding steroid dienone is 2. The van der Waals surface area contributed by atoms with Crippen molar-refractivity contribution >= 4 is 11.6 Å². The van der Waals surface area contributed by atoms with E-state index in [0.29, 0.717) is 0 Å². The van der Waals surface area contributed by atoms with Gasteiger partial charge in [0.2, 0.25) is 0 Å². The molecule has 0 aliphatic heterocycles. The van der Waals surface area contributed by atoms with Crippen LogP contribution in [0.15, 0.2) is 11.1 Å². The van der Waals surface area contributed by atoms with Crippen LogP contribution in [0.25, 0.3) is 0 Å². The summed E-state index contributed by atoms with van der Waals surface area (Å²) in [6.45, 7) is 4.52. The molecule has 0 aromatic heterocycles. The molecule has 0 aromatic rings. The monoisotopic (exact) mass is 158 g/mol. The molecule has 0 heterocycles. The SMILES string of the molecule is CC(C)C1C=C(Cl)CCC1. The van der Waals surface area contributed by atoms with Gasteiger partial charge in [-0.25, -0.2) is 0 Å². The molecular formula is C9H15Cl. The van der Waals surface area contributed by atoms with Crippen molar-refractivity contribution in [2.75, 3.05) is 0 Å². The van der Waals surface area contributed by atoms with Crippen molar-refractivity contribution in [2.45, 2.75) is 33.1 Å². The maximum atomic E-state index is 5.92. The topological polar surface area (TPSA) is 0 Å². The zero-order valence-corrected chi connectivity index (χ0v) is 7.49. The Hall–Kier alpha value is 0.0300. The molecule has 0 bridgehead atoms. The second-order valence-electron chi connectivity index (χ2n) is 3.41. The fourth-order valence-corrected chi connectivity index (χ4v) is 1.73. The van der Waals surface area contributed by atoms with E-state index in [4.69, 9.17) is 11.6 Å². The van der Waals surface area contributed by atoms with Crippen molar-refractivity contribution in [1.82, 2.24) is 0 Å². The van der Waals surface area contributed by atoms with Gasteiger partial charge in [-0.2, -0.15) is 0 Å². The third kappa shape index (κ3) is 2.02. The van der Waals surface area contributed by atoms with Crippen molar-refractivity contribution in [1.29, 1.82) is 0 Å². The third-order valence-corrected chi connectivity index (χ3v) is 2.52. The summed E-state index contributed by atoms with van der Waals surface area (Å²) < 4.78 is 0. The predicted molar refractivity (Wildman–Crippen MR) is 46.1 cm³/mol. The van der Waals surface area contributed by atoms with Gasteiger partial charge in [0, 0.05) is 5.03 Å². The van der Waals surface area contributed by atoms with E-state index in [9.17, 15) is 0 Å². The zero-order valence-electron chi connectivity index (χ0n) is 6.73. The number of halogens is 1. The molecule has 58 valence electrons. The first-order valence-electron chi connectivity index (χ1n) is 4.06. The third-order valence-electron chi connectivity index (χ3n) is 2.20. The molecule has 1 atom stereocenters. The summed E-state index contributed by atoms with van der Waals surface area (Å²) in [5.41, 5.74) is 0. The highest BCUT2D eigenvalue weighted by Gasteiger charge is 2.14. The van der Waals surface area contributed by atoms with E-state index in [-0.39, 0.29) is 0 Å². The Morgan fingerprint density at radius 1 is 1.60 bits per heavy atom. The van der Waals surface area contributed by atoms with Crippen LogP contribution in [-0.4, -0.2) is 0 Å². The first-order valence-corrected chi connectivity index (χ1v) is 4.44. The maximum Gasteiger partial charge on any atom is 0.0144 e. The van der Waals surface area contributed by atoms with Crippen LogP contribution in [0.3, 0.4) is 0 Å². The molecular weight excluding hydrogens is 144 g/mol. The average molecular weight is 159 g/mol. The van der Waals surface area contributed by atoms with Crippen LogP contribution in [0.4, 0.5) is 0 Å². The molecule has 0 nitrogen and oxygen atoms in total. The lowest BCUT2D eigenvalue weighted by molar-refractivity contribution is 0.410. The number of hydrogen-bond donors (Lipinski definition) is 0. The summed E-state index contributed by atoms with van der Waals surface area (Å²) in [6, 6.07) is 0. The van der Waals surface area contributed by atoms with E-state index in [1.165, 1.54) is 12.8 Å². The second kappa shape index (κ2) is 3.43. The summed E-state index contributed by atoms with van der Waals surface area (Å²) in [7, 11) is 0. The molecule has 0 saturated carbocycles. The lowest BCUT2D eigenvalue weighted by Gasteiger charge is -2.21. The van der Waals surface area contributed by atoms with Crippen LogP contribution in [-0.2, 0) is 0 Å². The minimum atomic E-state index is 0.737. The van der Waals surface area contributed by atoms with Gasteiger partial charge in [-0.15, -0.1) is 0 Å². The summed E-state index contributed by atoms with van der Waals surface area (Å²) >= 11 is 5.92. The predicted octanol–water partition coefficient (Wildman–Crippen LogP) is 3.57. The Morgan fingerprint density at radius 2 is 2.30 bits per heavy atom. The Kier molecular flexibility index (Phi) is 2.79. The highest BCUT2D eigenvalue weighted by atomic mass is 35.5. The normalized spacial score (nSPS) is 26.8. The molecule has 0 fully saturated rings. The van der Waals surface area contributed by atoms with Crippen LogP contribution in [0.2, 0.25) is 0 Å². The van der Waals surface area contributed by atoms with Gasteiger partial charge in [-0.1, -0.05) is 31.5 Å². The van der Waals surface area contributed by atoms with Crippen LogP contribution in [0, 0.1) is 11.8 Å². The summed E-state index contributed by atoms with van der Waals surface area (Å²) in [4.78, 5) is 0. The van der Waals surface area contributed by atoms with Gasteiger partial charge < -0.3 is 0 Å². The van der Waals surface area contributed by atoms with Gasteiger partial charge in [-0.05, 0) is 31.1 Å². The Labute approximate surface area is 68.3 Å². The molecule has 1 rings (SSSR count). The Morgan fingerprint density at radius 3 is 2.70 bits per heavy atom. The Bertz CT molecular complexity index is 136. The fraction of sp³-hybridized carbons (Fsp3) is 0.778. The number of hydrogen-bond acceptors (Lipinski definition) is 0. The van der Waals surface area contributed by atoms with Crippen LogP contribution >= 0.6 is 11.6 Å². The minimum Gasteiger partial charge on any atom is -0.0895 e. The van der Waals surface area contributed by atoms with Crippen LogP contribution in [0.1, 0.15) is 33.1 Å². The first kappa shape index (κ1) is 8.13. The molecule has 1 aliphatic carbocycles. The molecule has 10 heavy (non-hydrogen) atoms. The average Bonchev–Trinajstić information content (AvgIpc) is 1.88. The Balaban J connectivity index is 2.53. The molecule has 0 N–H and O–H groups in total. The zero-order chi connectivity index (χ0) is 7.56. The van der Waals surface area contributed by atoms with Crippen molar-refractivity contribution in [3.63, 3.8) is 0 Å². The van der Waals surface area contributed by atoms with Crippen molar-refractivity contribution in [2.24, 2.45) is 11.8 Å². The van der Waals surface area contributed by atoms with Crippen LogP contribution in [0.5, 0.6) is 0 Å². The molecule has 0 radical (unpaired) electrons. The molecule has 0 saturated heterocycles. The minimum absolute atomic E-state index is 0.737.